The molecule has 3 aromatic carbocycles. The third kappa shape index (κ3) is 8.89. The van der Waals surface area contributed by atoms with Crippen LogP contribution >= 0.6 is 23.2 Å². The van der Waals surface area contributed by atoms with Gasteiger partial charge in [0.1, 0.15) is 12.6 Å². The quantitative estimate of drug-likeness (QED) is 0.284. The van der Waals surface area contributed by atoms with Crippen LogP contribution in [-0.4, -0.2) is 50.0 Å². The molecule has 12 heteroatoms. The van der Waals surface area contributed by atoms with Crippen molar-refractivity contribution in [3.63, 3.8) is 0 Å². The Hall–Kier alpha value is -3.21. The number of carbonyl (C=O) groups is 2. The number of carbonyl (C=O) groups excluding carboxylic acids is 2. The Morgan fingerprint density at radius 2 is 1.61 bits per heavy atom. The highest BCUT2D eigenvalue weighted by Crippen LogP contribution is 2.26. The molecule has 3 rings (SSSR count). The Morgan fingerprint density at radius 3 is 2.20 bits per heavy atom. The van der Waals surface area contributed by atoms with E-state index in [1.54, 1.807) is 30.3 Å². The third-order valence-corrected chi connectivity index (χ3v) is 8.36. The van der Waals surface area contributed by atoms with Crippen LogP contribution in [0.3, 0.4) is 0 Å². The molecular formula is C29H31Cl2F2N3O4S. The van der Waals surface area contributed by atoms with Crippen molar-refractivity contribution in [3.8, 4) is 0 Å². The second-order valence-electron chi connectivity index (χ2n) is 9.66. The fraction of sp³-hybridized carbons (Fsp3) is 0.310. The minimum atomic E-state index is -4.13. The lowest BCUT2D eigenvalue weighted by atomic mass is 10.0. The zero-order chi connectivity index (χ0) is 30.3. The van der Waals surface area contributed by atoms with Crippen LogP contribution in [0.5, 0.6) is 0 Å². The fourth-order valence-electron chi connectivity index (χ4n) is 4.08. The van der Waals surface area contributed by atoms with Crippen LogP contribution in [0, 0.1) is 11.6 Å². The number of amides is 2. The molecule has 2 amide bonds. The van der Waals surface area contributed by atoms with Crippen molar-refractivity contribution in [2.24, 2.45) is 0 Å². The number of halogens is 4. The topological polar surface area (TPSA) is 86.8 Å². The molecule has 0 aliphatic rings. The molecule has 0 spiro atoms. The summed E-state index contributed by atoms with van der Waals surface area (Å²) >= 11 is 12.3. The molecule has 0 aliphatic carbocycles. The van der Waals surface area contributed by atoms with Crippen LogP contribution in [0.2, 0.25) is 10.0 Å². The van der Waals surface area contributed by atoms with E-state index in [9.17, 15) is 26.8 Å². The van der Waals surface area contributed by atoms with Gasteiger partial charge in [-0.1, -0.05) is 66.5 Å². The van der Waals surface area contributed by atoms with E-state index >= 15 is 0 Å². The molecule has 0 saturated heterocycles. The molecule has 0 unspecified atom stereocenters. The average Bonchev–Trinajstić information content (AvgIpc) is 2.92. The molecule has 0 aromatic heterocycles. The van der Waals surface area contributed by atoms with Crippen LogP contribution in [-0.2, 0) is 32.6 Å². The van der Waals surface area contributed by atoms with E-state index in [-0.39, 0.29) is 29.7 Å². The van der Waals surface area contributed by atoms with Gasteiger partial charge in [0.25, 0.3) is 0 Å². The third-order valence-electron chi connectivity index (χ3n) is 6.48. The second kappa shape index (κ2) is 14.1. The minimum absolute atomic E-state index is 0.115. The lowest BCUT2D eigenvalue weighted by Crippen LogP contribution is -2.54. The monoisotopic (exact) mass is 625 g/mol. The van der Waals surface area contributed by atoms with Crippen molar-refractivity contribution >= 4 is 50.7 Å². The molecule has 0 heterocycles. The van der Waals surface area contributed by atoms with Crippen molar-refractivity contribution in [3.05, 3.63) is 99.5 Å². The number of nitrogens with one attached hydrogen (secondary N) is 1. The molecule has 41 heavy (non-hydrogen) atoms. The number of hydrogen-bond donors (Lipinski definition) is 1. The van der Waals surface area contributed by atoms with Gasteiger partial charge in [-0.15, -0.1) is 0 Å². The number of anilines is 1. The van der Waals surface area contributed by atoms with Gasteiger partial charge in [0, 0.05) is 25.1 Å². The molecular weight excluding hydrogens is 595 g/mol. The van der Waals surface area contributed by atoms with E-state index < -0.39 is 46.1 Å². The summed E-state index contributed by atoms with van der Waals surface area (Å²) in [6, 6.07) is 15.1. The molecule has 2 atom stereocenters. The Bertz CT molecular complexity index is 1490. The Kier molecular flexibility index (Phi) is 11.1. The van der Waals surface area contributed by atoms with E-state index in [1.807, 2.05) is 32.0 Å². The first-order chi connectivity index (χ1) is 19.3. The summed E-state index contributed by atoms with van der Waals surface area (Å²) in [4.78, 5) is 28.9. The second-order valence-corrected chi connectivity index (χ2v) is 12.4. The van der Waals surface area contributed by atoms with Crippen LogP contribution in [0.4, 0.5) is 14.5 Å². The number of sulfonamides is 1. The van der Waals surface area contributed by atoms with E-state index in [1.165, 1.54) is 4.90 Å². The standard InChI is InChI=1S/C29H31Cl2F2N3O4S/c1-4-19(2)34-29(38)27(15-20-8-6-5-7-9-20)35(17-21-10-12-23(30)24(31)14-21)28(37)18-36(41(3,39)40)22-11-13-25(32)26(33)16-22/h5-14,16,19,27H,4,15,17-18H2,1-3H3,(H,34,38)/t19-,27+/m0/s1. The maximum absolute atomic E-state index is 14.0. The van der Waals surface area contributed by atoms with Gasteiger partial charge in [-0.25, -0.2) is 17.2 Å². The van der Waals surface area contributed by atoms with Crippen LogP contribution in [0.1, 0.15) is 31.4 Å². The first-order valence-electron chi connectivity index (χ1n) is 12.8. The molecule has 7 nitrogen and oxygen atoms in total. The van der Waals surface area contributed by atoms with Gasteiger partial charge in [-0.3, -0.25) is 13.9 Å². The predicted octanol–water partition coefficient (Wildman–Crippen LogP) is 5.59. The van der Waals surface area contributed by atoms with E-state index in [4.69, 9.17) is 23.2 Å². The van der Waals surface area contributed by atoms with Crippen LogP contribution < -0.4 is 9.62 Å². The first-order valence-corrected chi connectivity index (χ1v) is 15.4. The molecule has 3 aromatic rings. The summed E-state index contributed by atoms with van der Waals surface area (Å²) in [6.07, 6.45) is 1.62. The number of hydrogen-bond acceptors (Lipinski definition) is 4. The normalized spacial score (nSPS) is 12.9. The minimum Gasteiger partial charge on any atom is -0.352 e. The summed E-state index contributed by atoms with van der Waals surface area (Å²) in [7, 11) is -4.13. The highest BCUT2D eigenvalue weighted by atomic mass is 35.5. The van der Waals surface area contributed by atoms with Crippen molar-refractivity contribution < 1.29 is 26.8 Å². The number of nitrogens with zero attached hydrogens (tertiary/aromatic N) is 2. The molecule has 0 radical (unpaired) electrons. The van der Waals surface area contributed by atoms with Crippen molar-refractivity contribution in [1.82, 2.24) is 10.2 Å². The molecule has 0 fully saturated rings. The smallest absolute Gasteiger partial charge is 0.244 e. The molecule has 0 bridgehead atoms. The predicted molar refractivity (Wildman–Crippen MR) is 157 cm³/mol. The Morgan fingerprint density at radius 1 is 0.927 bits per heavy atom. The maximum Gasteiger partial charge on any atom is 0.244 e. The van der Waals surface area contributed by atoms with Gasteiger partial charge >= 0.3 is 0 Å². The van der Waals surface area contributed by atoms with E-state index in [2.05, 4.69) is 5.32 Å². The zero-order valence-electron chi connectivity index (χ0n) is 22.8. The van der Waals surface area contributed by atoms with E-state index in [0.29, 0.717) is 27.4 Å². The summed E-state index contributed by atoms with van der Waals surface area (Å²) in [6.45, 7) is 2.85. The SMILES string of the molecule is CC[C@H](C)NC(=O)[C@@H](Cc1ccccc1)N(Cc1ccc(Cl)c(Cl)c1)C(=O)CN(c1ccc(F)c(F)c1)S(C)(=O)=O. The largest absolute Gasteiger partial charge is 0.352 e. The van der Waals surface area contributed by atoms with Gasteiger partial charge in [-0.2, -0.15) is 0 Å². The maximum atomic E-state index is 14.0. The van der Waals surface area contributed by atoms with Crippen molar-refractivity contribution in [2.75, 3.05) is 17.1 Å². The average molecular weight is 627 g/mol. The lowest BCUT2D eigenvalue weighted by Gasteiger charge is -2.34. The Labute approximate surface area is 249 Å². The molecule has 0 aliphatic heterocycles. The van der Waals surface area contributed by atoms with Gasteiger partial charge < -0.3 is 10.2 Å². The van der Waals surface area contributed by atoms with Crippen LogP contribution in [0.15, 0.2) is 66.7 Å². The van der Waals surface area contributed by atoms with Crippen LogP contribution in [0.25, 0.3) is 0 Å². The van der Waals surface area contributed by atoms with Gasteiger partial charge in [0.2, 0.25) is 21.8 Å². The first kappa shape index (κ1) is 32.3. The summed E-state index contributed by atoms with van der Waals surface area (Å²) < 4.78 is 53.8. The highest BCUT2D eigenvalue weighted by molar-refractivity contribution is 7.92. The lowest BCUT2D eigenvalue weighted by molar-refractivity contribution is -0.140. The highest BCUT2D eigenvalue weighted by Gasteiger charge is 2.33. The Balaban J connectivity index is 2.09. The zero-order valence-corrected chi connectivity index (χ0v) is 25.1. The van der Waals surface area contributed by atoms with Gasteiger partial charge in [-0.05, 0) is 48.7 Å². The number of rotatable bonds is 12. The summed E-state index contributed by atoms with van der Waals surface area (Å²) in [5.74, 6) is -3.62. The van der Waals surface area contributed by atoms with Gasteiger partial charge in [0.05, 0.1) is 22.0 Å². The number of benzene rings is 3. The molecule has 1 N–H and O–H groups in total. The fourth-order valence-corrected chi connectivity index (χ4v) is 5.25. The van der Waals surface area contributed by atoms with Crippen molar-refractivity contribution in [1.29, 1.82) is 0 Å². The van der Waals surface area contributed by atoms with Gasteiger partial charge in [0.15, 0.2) is 11.6 Å². The summed E-state index contributed by atoms with van der Waals surface area (Å²) in [5, 5.41) is 3.45. The van der Waals surface area contributed by atoms with Crippen molar-refractivity contribution in [2.45, 2.75) is 45.3 Å². The summed E-state index contributed by atoms with van der Waals surface area (Å²) in [5.41, 5.74) is 1.07. The molecule has 220 valence electrons. The van der Waals surface area contributed by atoms with E-state index in [0.717, 1.165) is 24.0 Å². The molecule has 0 saturated carbocycles.